The summed E-state index contributed by atoms with van der Waals surface area (Å²) in [7, 11) is 1.85. The van der Waals surface area contributed by atoms with E-state index in [4.69, 9.17) is 0 Å². The number of benzene rings is 1. The summed E-state index contributed by atoms with van der Waals surface area (Å²) in [4.78, 5) is 26.1. The largest absolute Gasteiger partial charge is 0.354 e. The third-order valence-electron chi connectivity index (χ3n) is 4.02. The van der Waals surface area contributed by atoms with Crippen LogP contribution in [0.1, 0.15) is 18.9 Å². The number of carbonyl (C=O) groups is 2. The summed E-state index contributed by atoms with van der Waals surface area (Å²) in [6.45, 7) is 4.99. The van der Waals surface area contributed by atoms with Gasteiger partial charge in [0.05, 0.1) is 5.92 Å². The third kappa shape index (κ3) is 4.93. The number of hydrogen-bond donors (Lipinski definition) is 2. The molecule has 1 heterocycles. The van der Waals surface area contributed by atoms with Gasteiger partial charge in [0.15, 0.2) is 0 Å². The third-order valence-corrected chi connectivity index (χ3v) is 4.91. The van der Waals surface area contributed by atoms with Crippen LogP contribution in [0.3, 0.4) is 0 Å². The molecule has 0 aliphatic carbocycles. The first-order chi connectivity index (χ1) is 10.4. The molecule has 128 valence electrons. The van der Waals surface area contributed by atoms with Crippen LogP contribution in [-0.2, 0) is 9.59 Å². The van der Waals surface area contributed by atoms with Gasteiger partial charge in [0.25, 0.3) is 0 Å². The summed E-state index contributed by atoms with van der Waals surface area (Å²) in [6, 6.07) is 6.01. The zero-order valence-electron chi connectivity index (χ0n) is 13.6. The van der Waals surface area contributed by atoms with E-state index in [0.717, 1.165) is 15.7 Å². The molecule has 1 aliphatic heterocycles. The van der Waals surface area contributed by atoms with Crippen molar-refractivity contribution in [2.75, 3.05) is 25.0 Å². The Morgan fingerprint density at radius 1 is 1.48 bits per heavy atom. The number of halogens is 2. The summed E-state index contributed by atoms with van der Waals surface area (Å²) >= 11 is 3.46. The van der Waals surface area contributed by atoms with Crippen LogP contribution >= 0.6 is 28.3 Å². The van der Waals surface area contributed by atoms with Gasteiger partial charge in [0.2, 0.25) is 11.8 Å². The number of likely N-dealkylation sites (N-methyl/N-ethyl adjacent to an activating group) is 1. The van der Waals surface area contributed by atoms with Gasteiger partial charge in [-0.3, -0.25) is 9.59 Å². The molecule has 23 heavy (non-hydrogen) atoms. The van der Waals surface area contributed by atoms with Gasteiger partial charge >= 0.3 is 0 Å². The maximum Gasteiger partial charge on any atom is 0.227 e. The molecule has 2 rings (SSSR count). The molecule has 5 nitrogen and oxygen atoms in total. The van der Waals surface area contributed by atoms with E-state index in [0.29, 0.717) is 13.1 Å². The zero-order valence-corrected chi connectivity index (χ0v) is 16.0. The van der Waals surface area contributed by atoms with Crippen LogP contribution in [0.15, 0.2) is 22.7 Å². The lowest BCUT2D eigenvalue weighted by molar-refractivity contribution is -0.126. The second-order valence-corrected chi connectivity index (χ2v) is 6.63. The van der Waals surface area contributed by atoms with E-state index in [1.54, 1.807) is 4.90 Å². The van der Waals surface area contributed by atoms with Crippen LogP contribution in [0.4, 0.5) is 5.69 Å². The van der Waals surface area contributed by atoms with Crippen molar-refractivity contribution in [3.63, 3.8) is 0 Å². The van der Waals surface area contributed by atoms with Crippen molar-refractivity contribution in [3.8, 4) is 0 Å². The van der Waals surface area contributed by atoms with Gasteiger partial charge in [-0.25, -0.2) is 0 Å². The fraction of sp³-hybridized carbons (Fsp3) is 0.500. The molecular formula is C16H23BrClN3O2. The first-order valence-corrected chi connectivity index (χ1v) is 8.23. The van der Waals surface area contributed by atoms with Gasteiger partial charge in [-0.15, -0.1) is 12.4 Å². The van der Waals surface area contributed by atoms with Gasteiger partial charge in [-0.05, 0) is 44.7 Å². The maximum absolute atomic E-state index is 12.2. The molecule has 0 radical (unpaired) electrons. The molecule has 2 unspecified atom stereocenters. The Kier molecular flexibility index (Phi) is 7.51. The molecule has 1 aromatic carbocycles. The number of aryl methyl sites for hydroxylation is 1. The van der Waals surface area contributed by atoms with Crippen molar-refractivity contribution < 1.29 is 9.59 Å². The lowest BCUT2D eigenvalue weighted by Crippen LogP contribution is -2.40. The van der Waals surface area contributed by atoms with E-state index in [2.05, 4.69) is 26.6 Å². The molecule has 0 bridgehead atoms. The first kappa shape index (κ1) is 19.9. The molecule has 2 N–H and O–H groups in total. The Hall–Kier alpha value is -1.11. The van der Waals surface area contributed by atoms with Crippen molar-refractivity contribution in [3.05, 3.63) is 28.2 Å². The molecule has 1 aliphatic rings. The molecular weight excluding hydrogens is 382 g/mol. The van der Waals surface area contributed by atoms with Crippen LogP contribution < -0.4 is 15.5 Å². The minimum atomic E-state index is -0.277. The molecule has 7 heteroatoms. The number of nitrogens with one attached hydrogen (secondary N) is 2. The number of amides is 2. The van der Waals surface area contributed by atoms with Crippen molar-refractivity contribution >= 4 is 45.8 Å². The highest BCUT2D eigenvalue weighted by Crippen LogP contribution is 2.28. The van der Waals surface area contributed by atoms with E-state index >= 15 is 0 Å². The normalized spacial score (nSPS) is 18.5. The van der Waals surface area contributed by atoms with Crippen molar-refractivity contribution in [2.24, 2.45) is 5.92 Å². The van der Waals surface area contributed by atoms with E-state index in [9.17, 15) is 9.59 Å². The molecule has 0 spiro atoms. The summed E-state index contributed by atoms with van der Waals surface area (Å²) in [5, 5.41) is 5.97. The van der Waals surface area contributed by atoms with Crippen LogP contribution in [-0.4, -0.2) is 38.0 Å². The van der Waals surface area contributed by atoms with Crippen molar-refractivity contribution in [1.82, 2.24) is 10.6 Å². The van der Waals surface area contributed by atoms with Gasteiger partial charge < -0.3 is 15.5 Å². The smallest absolute Gasteiger partial charge is 0.227 e. The molecule has 2 atom stereocenters. The molecule has 2 amide bonds. The standard InChI is InChI=1S/C16H22BrN3O2.ClH/c1-10-6-13(4-5-14(10)17)20-9-12(7-15(20)21)16(22)19-8-11(2)18-3;/h4-6,11-12,18H,7-9H2,1-3H3,(H,19,22);1H. The van der Waals surface area contributed by atoms with Gasteiger partial charge in [-0.1, -0.05) is 15.9 Å². The quantitative estimate of drug-likeness (QED) is 0.791. The van der Waals surface area contributed by atoms with Crippen molar-refractivity contribution in [2.45, 2.75) is 26.3 Å². The lowest BCUT2D eigenvalue weighted by atomic mass is 10.1. The lowest BCUT2D eigenvalue weighted by Gasteiger charge is -2.18. The number of hydrogen-bond acceptors (Lipinski definition) is 3. The topological polar surface area (TPSA) is 61.4 Å². The monoisotopic (exact) mass is 403 g/mol. The Morgan fingerprint density at radius 2 is 2.17 bits per heavy atom. The van der Waals surface area contributed by atoms with E-state index in [1.807, 2.05) is 39.1 Å². The van der Waals surface area contributed by atoms with Crippen LogP contribution in [0.25, 0.3) is 0 Å². The highest BCUT2D eigenvalue weighted by Gasteiger charge is 2.35. The maximum atomic E-state index is 12.2. The second-order valence-electron chi connectivity index (χ2n) is 5.77. The fourth-order valence-electron chi connectivity index (χ4n) is 2.43. The van der Waals surface area contributed by atoms with Gasteiger partial charge in [-0.2, -0.15) is 0 Å². The number of anilines is 1. The van der Waals surface area contributed by atoms with Crippen LogP contribution in [0.2, 0.25) is 0 Å². The van der Waals surface area contributed by atoms with Crippen molar-refractivity contribution in [1.29, 1.82) is 0 Å². The average Bonchev–Trinajstić information content (AvgIpc) is 2.89. The second kappa shape index (κ2) is 8.66. The molecule has 0 saturated carbocycles. The average molecular weight is 405 g/mol. The van der Waals surface area contributed by atoms with Crippen LogP contribution in [0, 0.1) is 12.8 Å². The predicted molar refractivity (Wildman–Crippen MR) is 98.1 cm³/mol. The molecule has 1 aromatic rings. The minimum absolute atomic E-state index is 0. The number of nitrogens with zero attached hydrogens (tertiary/aromatic N) is 1. The Bertz CT molecular complexity index is 582. The van der Waals surface area contributed by atoms with Gasteiger partial charge in [0.1, 0.15) is 0 Å². The highest BCUT2D eigenvalue weighted by molar-refractivity contribution is 9.10. The number of carbonyl (C=O) groups excluding carboxylic acids is 2. The van der Waals surface area contributed by atoms with E-state index in [1.165, 1.54) is 0 Å². The summed E-state index contributed by atoms with van der Waals surface area (Å²) in [5.41, 5.74) is 1.92. The summed E-state index contributed by atoms with van der Waals surface area (Å²) in [6.07, 6.45) is 0.273. The van der Waals surface area contributed by atoms with Crippen LogP contribution in [0.5, 0.6) is 0 Å². The molecule has 0 aromatic heterocycles. The predicted octanol–water partition coefficient (Wildman–Crippen LogP) is 2.26. The Balaban J connectivity index is 0.00000264. The fourth-order valence-corrected chi connectivity index (χ4v) is 2.68. The number of rotatable bonds is 5. The molecule has 1 saturated heterocycles. The summed E-state index contributed by atoms with van der Waals surface area (Å²) < 4.78 is 1.01. The highest BCUT2D eigenvalue weighted by atomic mass is 79.9. The minimum Gasteiger partial charge on any atom is -0.354 e. The molecule has 1 fully saturated rings. The Morgan fingerprint density at radius 3 is 2.78 bits per heavy atom. The summed E-state index contributed by atoms with van der Waals surface area (Å²) in [5.74, 6) is -0.323. The van der Waals surface area contributed by atoms with E-state index < -0.39 is 0 Å². The first-order valence-electron chi connectivity index (χ1n) is 7.44. The zero-order chi connectivity index (χ0) is 16.3. The Labute approximate surface area is 151 Å². The SMILES string of the molecule is CNC(C)CNC(=O)C1CC(=O)N(c2ccc(Br)c(C)c2)C1.Cl. The van der Waals surface area contributed by atoms with Gasteiger partial charge in [0, 0.05) is 35.7 Å². The van der Waals surface area contributed by atoms with E-state index in [-0.39, 0.29) is 42.6 Å².